The van der Waals surface area contributed by atoms with E-state index in [1.165, 1.54) is 12.4 Å². The van der Waals surface area contributed by atoms with Crippen molar-refractivity contribution in [3.05, 3.63) is 22.7 Å². The minimum atomic E-state index is -0.119. The third-order valence-electron chi connectivity index (χ3n) is 2.41. The van der Waals surface area contributed by atoms with Gasteiger partial charge < -0.3 is 14.6 Å². The summed E-state index contributed by atoms with van der Waals surface area (Å²) in [5.74, 6) is 0.723. The molecule has 2 heterocycles. The van der Waals surface area contributed by atoms with Crippen LogP contribution in [0.25, 0.3) is 0 Å². The van der Waals surface area contributed by atoms with Crippen molar-refractivity contribution in [2.24, 2.45) is 0 Å². The van der Waals surface area contributed by atoms with E-state index >= 15 is 0 Å². The Morgan fingerprint density at radius 1 is 1.47 bits per heavy atom. The summed E-state index contributed by atoms with van der Waals surface area (Å²) in [4.78, 5) is 19.9. The number of morpholine rings is 1. The van der Waals surface area contributed by atoms with Crippen LogP contribution in [-0.4, -0.2) is 35.3 Å². The van der Waals surface area contributed by atoms with E-state index in [0.717, 1.165) is 18.9 Å². The monoisotopic (exact) mass is 209 g/mol. The maximum absolute atomic E-state index is 11.1. The first-order valence-electron chi connectivity index (χ1n) is 5.10. The summed E-state index contributed by atoms with van der Waals surface area (Å²) in [6.07, 6.45) is 1.78. The Hall–Kier alpha value is -1.36. The van der Waals surface area contributed by atoms with Gasteiger partial charge in [0.15, 0.2) is 0 Å². The van der Waals surface area contributed by atoms with Crippen LogP contribution in [0.1, 0.15) is 13.8 Å². The van der Waals surface area contributed by atoms with E-state index in [2.05, 4.69) is 14.9 Å². The molecule has 0 radical (unpaired) electrons. The SMILES string of the molecule is CC1CN(c2cc(=O)[nH]cn2)CC(C)O1. The summed E-state index contributed by atoms with van der Waals surface area (Å²) in [6.45, 7) is 5.60. The largest absolute Gasteiger partial charge is 0.372 e. The average molecular weight is 209 g/mol. The molecular formula is C10H15N3O2. The summed E-state index contributed by atoms with van der Waals surface area (Å²) >= 11 is 0. The molecule has 0 amide bonds. The molecule has 1 N–H and O–H groups in total. The van der Waals surface area contributed by atoms with Gasteiger partial charge in [0.25, 0.3) is 5.56 Å². The molecule has 2 atom stereocenters. The molecule has 0 spiro atoms. The lowest BCUT2D eigenvalue weighted by atomic mass is 10.2. The van der Waals surface area contributed by atoms with Gasteiger partial charge in [0, 0.05) is 19.2 Å². The molecule has 1 saturated heterocycles. The number of hydrogen-bond donors (Lipinski definition) is 1. The maximum atomic E-state index is 11.1. The van der Waals surface area contributed by atoms with Gasteiger partial charge in [0.05, 0.1) is 18.5 Å². The minimum absolute atomic E-state index is 0.119. The van der Waals surface area contributed by atoms with Gasteiger partial charge in [-0.2, -0.15) is 0 Å². The first kappa shape index (κ1) is 10.2. The number of H-pyrrole nitrogens is 1. The minimum Gasteiger partial charge on any atom is -0.372 e. The molecule has 5 heteroatoms. The Labute approximate surface area is 88.1 Å². The lowest BCUT2D eigenvalue weighted by Gasteiger charge is -2.35. The average Bonchev–Trinajstić information content (AvgIpc) is 2.16. The van der Waals surface area contributed by atoms with Crippen LogP contribution in [0.15, 0.2) is 17.2 Å². The second-order valence-electron chi connectivity index (χ2n) is 3.93. The van der Waals surface area contributed by atoms with Crippen molar-refractivity contribution in [2.75, 3.05) is 18.0 Å². The Morgan fingerprint density at radius 2 is 2.13 bits per heavy atom. The molecule has 1 fully saturated rings. The number of nitrogens with zero attached hydrogens (tertiary/aromatic N) is 2. The van der Waals surface area contributed by atoms with Gasteiger partial charge in [0.1, 0.15) is 5.82 Å². The van der Waals surface area contributed by atoms with Crippen LogP contribution < -0.4 is 10.5 Å². The number of aromatic amines is 1. The fourth-order valence-electron chi connectivity index (χ4n) is 1.90. The van der Waals surface area contributed by atoms with Gasteiger partial charge in [-0.05, 0) is 13.8 Å². The summed E-state index contributed by atoms with van der Waals surface area (Å²) in [5.41, 5.74) is -0.119. The van der Waals surface area contributed by atoms with E-state index in [0.29, 0.717) is 0 Å². The van der Waals surface area contributed by atoms with Crippen LogP contribution in [-0.2, 0) is 4.74 Å². The zero-order valence-corrected chi connectivity index (χ0v) is 8.93. The third kappa shape index (κ3) is 2.36. The Bertz CT molecular complexity index is 380. The van der Waals surface area contributed by atoms with Gasteiger partial charge in [-0.15, -0.1) is 0 Å². The van der Waals surface area contributed by atoms with Gasteiger partial charge in [-0.25, -0.2) is 4.98 Å². The summed E-state index contributed by atoms with van der Waals surface area (Å²) in [6, 6.07) is 1.52. The van der Waals surface area contributed by atoms with E-state index in [9.17, 15) is 4.79 Å². The molecule has 1 aromatic heterocycles. The Kier molecular flexibility index (Phi) is 2.73. The number of hydrogen-bond acceptors (Lipinski definition) is 4. The molecule has 5 nitrogen and oxygen atoms in total. The number of anilines is 1. The predicted molar refractivity (Wildman–Crippen MR) is 57.1 cm³/mol. The van der Waals surface area contributed by atoms with Crippen LogP contribution in [0.3, 0.4) is 0 Å². The highest BCUT2D eigenvalue weighted by Gasteiger charge is 2.23. The van der Waals surface area contributed by atoms with Gasteiger partial charge >= 0.3 is 0 Å². The summed E-state index contributed by atoms with van der Waals surface area (Å²) in [5, 5.41) is 0. The number of nitrogens with one attached hydrogen (secondary N) is 1. The quantitative estimate of drug-likeness (QED) is 0.726. The fraction of sp³-hybridized carbons (Fsp3) is 0.600. The molecule has 15 heavy (non-hydrogen) atoms. The van der Waals surface area contributed by atoms with E-state index in [1.54, 1.807) is 0 Å². The number of rotatable bonds is 1. The zero-order chi connectivity index (χ0) is 10.8. The van der Waals surface area contributed by atoms with Gasteiger partial charge in [0.2, 0.25) is 0 Å². The second-order valence-corrected chi connectivity index (χ2v) is 3.93. The first-order valence-corrected chi connectivity index (χ1v) is 5.10. The first-order chi connectivity index (χ1) is 7.15. The molecule has 1 aromatic rings. The van der Waals surface area contributed by atoms with Gasteiger partial charge in [-0.3, -0.25) is 4.79 Å². The highest BCUT2D eigenvalue weighted by molar-refractivity contribution is 5.37. The highest BCUT2D eigenvalue weighted by Crippen LogP contribution is 2.15. The van der Waals surface area contributed by atoms with Gasteiger partial charge in [-0.1, -0.05) is 0 Å². The maximum Gasteiger partial charge on any atom is 0.252 e. The molecular weight excluding hydrogens is 194 g/mol. The normalized spacial score (nSPS) is 26.7. The topological polar surface area (TPSA) is 58.2 Å². The van der Waals surface area contributed by atoms with E-state index in [1.807, 2.05) is 13.8 Å². The molecule has 0 aromatic carbocycles. The van der Waals surface area contributed by atoms with Crippen LogP contribution >= 0.6 is 0 Å². The second kappa shape index (κ2) is 4.02. The van der Waals surface area contributed by atoms with Crippen LogP contribution in [0.5, 0.6) is 0 Å². The lowest BCUT2D eigenvalue weighted by molar-refractivity contribution is -0.00547. The predicted octanol–water partition coefficient (Wildman–Crippen LogP) is 0.383. The molecule has 82 valence electrons. The fourth-order valence-corrected chi connectivity index (χ4v) is 1.90. The molecule has 2 rings (SSSR count). The number of ether oxygens (including phenoxy) is 1. The Balaban J connectivity index is 2.19. The van der Waals surface area contributed by atoms with Crippen LogP contribution in [0, 0.1) is 0 Å². The van der Waals surface area contributed by atoms with Crippen molar-refractivity contribution in [3.63, 3.8) is 0 Å². The van der Waals surface area contributed by atoms with Crippen LogP contribution in [0.4, 0.5) is 5.82 Å². The molecule has 1 aliphatic rings. The molecule has 1 aliphatic heterocycles. The Morgan fingerprint density at radius 3 is 2.73 bits per heavy atom. The highest BCUT2D eigenvalue weighted by atomic mass is 16.5. The van der Waals surface area contributed by atoms with Crippen molar-refractivity contribution < 1.29 is 4.74 Å². The number of aromatic nitrogens is 2. The van der Waals surface area contributed by atoms with Crippen LogP contribution in [0.2, 0.25) is 0 Å². The zero-order valence-electron chi connectivity index (χ0n) is 8.93. The smallest absolute Gasteiger partial charge is 0.252 e. The van der Waals surface area contributed by atoms with E-state index in [4.69, 9.17) is 4.74 Å². The standard InChI is InChI=1S/C10H15N3O2/c1-7-4-13(5-8(2)15-7)9-3-10(14)12-6-11-9/h3,6-8H,4-5H2,1-2H3,(H,11,12,14). The van der Waals surface area contributed by atoms with Crippen molar-refractivity contribution >= 4 is 5.82 Å². The molecule has 2 unspecified atom stereocenters. The van der Waals surface area contributed by atoms with E-state index in [-0.39, 0.29) is 17.8 Å². The van der Waals surface area contributed by atoms with E-state index < -0.39 is 0 Å². The van der Waals surface area contributed by atoms with Crippen molar-refractivity contribution in [2.45, 2.75) is 26.1 Å². The molecule has 0 saturated carbocycles. The van der Waals surface area contributed by atoms with Crippen molar-refractivity contribution in [1.29, 1.82) is 0 Å². The molecule has 0 bridgehead atoms. The summed E-state index contributed by atoms with van der Waals surface area (Å²) < 4.78 is 5.61. The molecule has 0 aliphatic carbocycles. The lowest BCUT2D eigenvalue weighted by Crippen LogP contribution is -2.46. The summed E-state index contributed by atoms with van der Waals surface area (Å²) in [7, 11) is 0. The van der Waals surface area contributed by atoms with Crippen molar-refractivity contribution in [3.8, 4) is 0 Å². The third-order valence-corrected chi connectivity index (χ3v) is 2.41. The van der Waals surface area contributed by atoms with Crippen molar-refractivity contribution in [1.82, 2.24) is 9.97 Å².